The van der Waals surface area contributed by atoms with Gasteiger partial charge in [-0.3, -0.25) is 0 Å². The Morgan fingerprint density at radius 3 is 2.15 bits per heavy atom. The van der Waals surface area contributed by atoms with Gasteiger partial charge in [0.05, 0.1) is 5.56 Å². The molecule has 0 atom stereocenters. The van der Waals surface area contributed by atoms with Gasteiger partial charge in [0.15, 0.2) is 5.82 Å². The Kier molecular flexibility index (Phi) is 10.9. The maximum absolute atomic E-state index is 12.6. The SMILES string of the molecule is CCCCCCCC1CCC(OC(=O)c2ccc(-c3ncc(CCCCC)cn3)cc2)CC1. The van der Waals surface area contributed by atoms with Gasteiger partial charge in [-0.15, -0.1) is 0 Å². The van der Waals surface area contributed by atoms with Crippen LogP contribution in [0.25, 0.3) is 11.4 Å². The maximum Gasteiger partial charge on any atom is 0.338 e. The molecule has 1 heterocycles. The number of ether oxygens (including phenoxy) is 1. The third-order valence-corrected chi connectivity index (χ3v) is 6.94. The van der Waals surface area contributed by atoms with Crippen molar-refractivity contribution in [3.05, 3.63) is 47.8 Å². The van der Waals surface area contributed by atoms with Gasteiger partial charge in [0.2, 0.25) is 0 Å². The molecule has 0 spiro atoms. The molecule has 33 heavy (non-hydrogen) atoms. The Hall–Kier alpha value is -2.23. The molecule has 1 aromatic carbocycles. The van der Waals surface area contributed by atoms with Gasteiger partial charge < -0.3 is 4.74 Å². The van der Waals surface area contributed by atoms with E-state index < -0.39 is 0 Å². The maximum atomic E-state index is 12.6. The molecule has 180 valence electrons. The average Bonchev–Trinajstić information content (AvgIpc) is 2.85. The number of esters is 1. The fourth-order valence-corrected chi connectivity index (χ4v) is 4.76. The Labute approximate surface area is 200 Å². The van der Waals surface area contributed by atoms with Crippen LogP contribution in [0.4, 0.5) is 0 Å². The first-order valence-corrected chi connectivity index (χ1v) is 13.3. The molecule has 0 amide bonds. The fraction of sp³-hybridized carbons (Fsp3) is 0.621. The van der Waals surface area contributed by atoms with E-state index in [9.17, 15) is 4.79 Å². The number of carbonyl (C=O) groups is 1. The molecule has 1 aromatic heterocycles. The second-order valence-electron chi connectivity index (χ2n) is 9.70. The summed E-state index contributed by atoms with van der Waals surface area (Å²) in [5.74, 6) is 1.30. The van der Waals surface area contributed by atoms with Crippen molar-refractivity contribution in [1.29, 1.82) is 0 Å². The summed E-state index contributed by atoms with van der Waals surface area (Å²) in [6, 6.07) is 7.49. The van der Waals surface area contributed by atoms with Gasteiger partial charge in [0.25, 0.3) is 0 Å². The minimum atomic E-state index is -0.211. The van der Waals surface area contributed by atoms with Crippen LogP contribution in [0.1, 0.15) is 113 Å². The number of carbonyl (C=O) groups excluding carboxylic acids is 1. The van der Waals surface area contributed by atoms with Crippen molar-refractivity contribution in [3.8, 4) is 11.4 Å². The van der Waals surface area contributed by atoms with Crippen molar-refractivity contribution in [2.75, 3.05) is 0 Å². The molecule has 4 heteroatoms. The van der Waals surface area contributed by atoms with E-state index in [2.05, 4.69) is 23.8 Å². The van der Waals surface area contributed by atoms with Gasteiger partial charge in [0.1, 0.15) is 6.10 Å². The van der Waals surface area contributed by atoms with Gasteiger partial charge in [-0.05, 0) is 62.1 Å². The highest BCUT2D eigenvalue weighted by Gasteiger charge is 2.24. The molecule has 0 radical (unpaired) electrons. The summed E-state index contributed by atoms with van der Waals surface area (Å²) < 4.78 is 5.82. The van der Waals surface area contributed by atoms with Crippen molar-refractivity contribution in [3.63, 3.8) is 0 Å². The van der Waals surface area contributed by atoms with Crippen molar-refractivity contribution in [2.24, 2.45) is 5.92 Å². The third kappa shape index (κ3) is 8.57. The lowest BCUT2D eigenvalue weighted by Gasteiger charge is -2.28. The van der Waals surface area contributed by atoms with Gasteiger partial charge >= 0.3 is 5.97 Å². The lowest BCUT2D eigenvalue weighted by Crippen LogP contribution is -2.24. The zero-order valence-corrected chi connectivity index (χ0v) is 20.7. The molecular formula is C29H42N2O2. The molecule has 0 saturated heterocycles. The molecule has 1 saturated carbocycles. The van der Waals surface area contributed by atoms with Crippen molar-refractivity contribution < 1.29 is 9.53 Å². The molecule has 0 bridgehead atoms. The number of nitrogens with zero attached hydrogens (tertiary/aromatic N) is 2. The van der Waals surface area contributed by atoms with E-state index in [0.29, 0.717) is 11.4 Å². The number of aromatic nitrogens is 2. The first-order valence-electron chi connectivity index (χ1n) is 13.3. The average molecular weight is 451 g/mol. The Morgan fingerprint density at radius 2 is 1.48 bits per heavy atom. The van der Waals surface area contributed by atoms with Crippen LogP contribution in [-0.4, -0.2) is 22.0 Å². The van der Waals surface area contributed by atoms with Crippen LogP contribution in [0.15, 0.2) is 36.7 Å². The Bertz CT molecular complexity index is 809. The fourth-order valence-electron chi connectivity index (χ4n) is 4.76. The van der Waals surface area contributed by atoms with Crippen LogP contribution in [0.2, 0.25) is 0 Å². The van der Waals surface area contributed by atoms with E-state index in [-0.39, 0.29) is 12.1 Å². The highest BCUT2D eigenvalue weighted by atomic mass is 16.5. The summed E-state index contributed by atoms with van der Waals surface area (Å²) >= 11 is 0. The van der Waals surface area contributed by atoms with Crippen LogP contribution in [0.3, 0.4) is 0 Å². The molecule has 1 aliphatic rings. The second-order valence-corrected chi connectivity index (χ2v) is 9.70. The molecule has 2 aromatic rings. The van der Waals surface area contributed by atoms with Crippen LogP contribution in [0.5, 0.6) is 0 Å². The van der Waals surface area contributed by atoms with E-state index in [4.69, 9.17) is 4.74 Å². The van der Waals surface area contributed by atoms with Crippen molar-refractivity contribution >= 4 is 5.97 Å². The minimum absolute atomic E-state index is 0.0668. The van der Waals surface area contributed by atoms with E-state index in [1.165, 1.54) is 76.2 Å². The van der Waals surface area contributed by atoms with Gasteiger partial charge in [0, 0.05) is 18.0 Å². The number of unbranched alkanes of at least 4 members (excludes halogenated alkanes) is 6. The molecule has 0 unspecified atom stereocenters. The molecule has 3 rings (SSSR count). The van der Waals surface area contributed by atoms with Crippen LogP contribution in [0, 0.1) is 5.92 Å². The largest absolute Gasteiger partial charge is 0.459 e. The minimum Gasteiger partial charge on any atom is -0.459 e. The summed E-state index contributed by atoms with van der Waals surface area (Å²) in [5, 5.41) is 0. The topological polar surface area (TPSA) is 52.1 Å². The molecular weight excluding hydrogens is 408 g/mol. The third-order valence-electron chi connectivity index (χ3n) is 6.94. The van der Waals surface area contributed by atoms with E-state index >= 15 is 0 Å². The highest BCUT2D eigenvalue weighted by molar-refractivity contribution is 5.90. The van der Waals surface area contributed by atoms with E-state index in [0.717, 1.165) is 30.7 Å². The predicted octanol–water partition coefficient (Wildman–Crippen LogP) is 7.95. The smallest absolute Gasteiger partial charge is 0.338 e. The molecule has 4 nitrogen and oxygen atoms in total. The first-order chi connectivity index (χ1) is 16.2. The van der Waals surface area contributed by atoms with Crippen LogP contribution in [-0.2, 0) is 11.2 Å². The summed E-state index contributed by atoms with van der Waals surface area (Å²) in [7, 11) is 0. The second kappa shape index (κ2) is 14.1. The van der Waals surface area contributed by atoms with Gasteiger partial charge in [-0.25, -0.2) is 14.8 Å². The lowest BCUT2D eigenvalue weighted by atomic mass is 9.84. The molecule has 0 aliphatic heterocycles. The van der Waals surface area contributed by atoms with Crippen molar-refractivity contribution in [1.82, 2.24) is 9.97 Å². The number of rotatable bonds is 13. The van der Waals surface area contributed by atoms with Crippen molar-refractivity contribution in [2.45, 2.75) is 110 Å². The standard InChI is InChI=1S/C29H42N2O2/c1-3-5-7-8-10-11-23-13-19-27(20-14-23)33-29(32)26-17-15-25(16-18-26)28-30-21-24(22-31-28)12-9-6-4-2/h15-18,21-23,27H,3-14,19-20H2,1-2H3. The summed E-state index contributed by atoms with van der Waals surface area (Å²) in [6.07, 6.45) is 21.1. The molecule has 0 N–H and O–H groups in total. The van der Waals surface area contributed by atoms with Gasteiger partial charge in [-0.2, -0.15) is 0 Å². The summed E-state index contributed by atoms with van der Waals surface area (Å²) in [4.78, 5) is 21.7. The molecule has 1 fully saturated rings. The zero-order chi connectivity index (χ0) is 23.3. The number of hydrogen-bond donors (Lipinski definition) is 0. The Balaban J connectivity index is 1.41. The number of benzene rings is 1. The Morgan fingerprint density at radius 1 is 0.848 bits per heavy atom. The number of hydrogen-bond acceptors (Lipinski definition) is 4. The monoisotopic (exact) mass is 450 g/mol. The molecule has 1 aliphatic carbocycles. The van der Waals surface area contributed by atoms with E-state index in [1.54, 1.807) is 0 Å². The summed E-state index contributed by atoms with van der Waals surface area (Å²) in [6.45, 7) is 4.47. The van der Waals surface area contributed by atoms with Crippen LogP contribution < -0.4 is 0 Å². The highest BCUT2D eigenvalue weighted by Crippen LogP contribution is 2.30. The number of aryl methyl sites for hydroxylation is 1. The summed E-state index contributed by atoms with van der Waals surface area (Å²) in [5.41, 5.74) is 2.71. The normalized spacial score (nSPS) is 18.2. The lowest BCUT2D eigenvalue weighted by molar-refractivity contribution is 0.0161. The quantitative estimate of drug-likeness (QED) is 0.229. The van der Waals surface area contributed by atoms with E-state index in [1.807, 2.05) is 36.7 Å². The zero-order valence-electron chi connectivity index (χ0n) is 20.7. The van der Waals surface area contributed by atoms with Crippen LogP contribution >= 0.6 is 0 Å². The van der Waals surface area contributed by atoms with Gasteiger partial charge in [-0.1, -0.05) is 77.3 Å². The predicted molar refractivity (Wildman–Crippen MR) is 135 cm³/mol. The first kappa shape index (κ1) is 25.4.